The fraction of sp³-hybridized carbons (Fsp3) is 0. The van der Waals surface area contributed by atoms with E-state index in [1.807, 2.05) is 0 Å². The Kier molecular flexibility index (Phi) is 3.78. The maximum Gasteiger partial charge on any atom is 0.250 e. The summed E-state index contributed by atoms with van der Waals surface area (Å²) in [5.41, 5.74) is 11.8. The van der Waals surface area contributed by atoms with Crippen LogP contribution >= 0.6 is 23.2 Å². The van der Waals surface area contributed by atoms with Crippen LogP contribution in [0, 0.1) is 0 Å². The van der Waals surface area contributed by atoms with Gasteiger partial charge in [-0.1, -0.05) is 23.2 Å². The van der Waals surface area contributed by atoms with Gasteiger partial charge < -0.3 is 16.8 Å². The molecule has 1 amide bonds. The van der Waals surface area contributed by atoms with Crippen LogP contribution in [0.1, 0.15) is 10.4 Å². The third kappa shape index (κ3) is 3.07. The number of halogens is 2. The molecule has 0 radical (unpaired) electrons. The Balaban J connectivity index is 2.36. The van der Waals surface area contributed by atoms with E-state index in [4.69, 9.17) is 34.7 Å². The van der Waals surface area contributed by atoms with Crippen LogP contribution in [0.15, 0.2) is 30.5 Å². The fourth-order valence-corrected chi connectivity index (χ4v) is 1.82. The minimum atomic E-state index is -0.625. The number of hydrogen-bond donors (Lipinski definition) is 3. The van der Waals surface area contributed by atoms with Gasteiger partial charge in [-0.05, 0) is 24.3 Å². The number of nitrogens with one attached hydrogen (secondary N) is 1. The number of pyridine rings is 1. The van der Waals surface area contributed by atoms with Gasteiger partial charge >= 0.3 is 0 Å². The number of carbonyl (C=O) groups excluding carboxylic acids is 1. The Hall–Kier alpha value is -1.98. The zero-order chi connectivity index (χ0) is 14.0. The summed E-state index contributed by atoms with van der Waals surface area (Å²) in [7, 11) is 0. The van der Waals surface area contributed by atoms with Crippen molar-refractivity contribution >= 4 is 46.3 Å². The monoisotopic (exact) mass is 296 g/mol. The minimum Gasteiger partial charge on any atom is -0.397 e. The number of hydrogen-bond acceptors (Lipinski definition) is 4. The third-order valence-corrected chi connectivity index (χ3v) is 2.96. The summed E-state index contributed by atoms with van der Waals surface area (Å²) in [6.45, 7) is 0. The second kappa shape index (κ2) is 5.34. The standard InChI is InChI=1S/C12H10Cl2N4O/c13-6-1-2-8(14)10(3-6)18-11-4-7(12(16)19)9(15)5-17-11/h1-5H,15H2,(H2,16,19)(H,17,18). The lowest BCUT2D eigenvalue weighted by molar-refractivity contribution is 0.100. The Morgan fingerprint density at radius 2 is 2.00 bits per heavy atom. The Labute approximate surface area is 119 Å². The van der Waals surface area contributed by atoms with Crippen LogP contribution in [0.2, 0.25) is 10.0 Å². The molecule has 0 atom stereocenters. The maximum absolute atomic E-state index is 11.2. The number of nitrogen functional groups attached to an aromatic ring is 1. The molecule has 0 aliphatic carbocycles. The van der Waals surface area contributed by atoms with E-state index >= 15 is 0 Å². The van der Waals surface area contributed by atoms with Crippen molar-refractivity contribution in [2.24, 2.45) is 5.73 Å². The summed E-state index contributed by atoms with van der Waals surface area (Å²) in [6, 6.07) is 6.42. The highest BCUT2D eigenvalue weighted by Gasteiger charge is 2.09. The van der Waals surface area contributed by atoms with E-state index in [9.17, 15) is 4.79 Å². The van der Waals surface area contributed by atoms with Crippen LogP contribution in [0.25, 0.3) is 0 Å². The van der Waals surface area contributed by atoms with Crippen LogP contribution in [0.3, 0.4) is 0 Å². The third-order valence-electron chi connectivity index (χ3n) is 2.39. The molecular formula is C12H10Cl2N4O. The van der Waals surface area contributed by atoms with E-state index in [2.05, 4.69) is 10.3 Å². The molecule has 5 N–H and O–H groups in total. The first-order valence-electron chi connectivity index (χ1n) is 5.25. The number of amides is 1. The van der Waals surface area contributed by atoms with Gasteiger partial charge in [0.1, 0.15) is 5.82 Å². The van der Waals surface area contributed by atoms with E-state index in [0.29, 0.717) is 21.6 Å². The van der Waals surface area contributed by atoms with Gasteiger partial charge in [0.25, 0.3) is 5.91 Å². The molecular weight excluding hydrogens is 287 g/mol. The summed E-state index contributed by atoms with van der Waals surface area (Å²) in [5.74, 6) is -0.229. The van der Waals surface area contributed by atoms with Crippen molar-refractivity contribution in [2.75, 3.05) is 11.1 Å². The number of nitrogens with zero attached hydrogens (tertiary/aromatic N) is 1. The number of benzene rings is 1. The number of aromatic nitrogens is 1. The molecule has 1 aromatic carbocycles. The number of carbonyl (C=O) groups is 1. The van der Waals surface area contributed by atoms with Crippen molar-refractivity contribution in [3.05, 3.63) is 46.1 Å². The highest BCUT2D eigenvalue weighted by atomic mass is 35.5. The van der Waals surface area contributed by atoms with Crippen molar-refractivity contribution in [1.29, 1.82) is 0 Å². The SMILES string of the molecule is NC(=O)c1cc(Nc2cc(Cl)ccc2Cl)ncc1N. The Morgan fingerprint density at radius 1 is 1.26 bits per heavy atom. The zero-order valence-corrected chi connectivity index (χ0v) is 11.2. The summed E-state index contributed by atoms with van der Waals surface area (Å²) < 4.78 is 0. The molecule has 0 bridgehead atoms. The molecule has 0 unspecified atom stereocenters. The predicted octanol–water partition coefficient (Wildman–Crippen LogP) is 2.81. The van der Waals surface area contributed by atoms with Crippen LogP contribution in [-0.4, -0.2) is 10.9 Å². The van der Waals surface area contributed by atoms with Gasteiger partial charge in [0, 0.05) is 5.02 Å². The van der Waals surface area contributed by atoms with Gasteiger partial charge in [0.05, 0.1) is 28.2 Å². The number of primary amides is 1. The first-order valence-corrected chi connectivity index (χ1v) is 6.00. The molecule has 19 heavy (non-hydrogen) atoms. The van der Waals surface area contributed by atoms with Crippen molar-refractivity contribution in [3.8, 4) is 0 Å². The second-order valence-corrected chi connectivity index (χ2v) is 4.61. The van der Waals surface area contributed by atoms with E-state index in [1.54, 1.807) is 18.2 Å². The van der Waals surface area contributed by atoms with Crippen LogP contribution in [0.5, 0.6) is 0 Å². The largest absolute Gasteiger partial charge is 0.397 e. The van der Waals surface area contributed by atoms with Crippen LogP contribution in [-0.2, 0) is 0 Å². The summed E-state index contributed by atoms with van der Waals surface area (Å²) in [6.07, 6.45) is 1.35. The lowest BCUT2D eigenvalue weighted by Crippen LogP contribution is -2.14. The van der Waals surface area contributed by atoms with E-state index in [1.165, 1.54) is 12.3 Å². The van der Waals surface area contributed by atoms with Gasteiger partial charge in [-0.3, -0.25) is 4.79 Å². The summed E-state index contributed by atoms with van der Waals surface area (Å²) >= 11 is 11.9. The first-order chi connectivity index (χ1) is 8.97. The number of rotatable bonds is 3. The molecule has 0 saturated carbocycles. The summed E-state index contributed by atoms with van der Waals surface area (Å²) in [4.78, 5) is 15.2. The normalized spacial score (nSPS) is 10.2. The highest BCUT2D eigenvalue weighted by Crippen LogP contribution is 2.28. The molecule has 1 heterocycles. The van der Waals surface area contributed by atoms with Crippen LogP contribution in [0.4, 0.5) is 17.2 Å². The van der Waals surface area contributed by atoms with Gasteiger partial charge in [-0.15, -0.1) is 0 Å². The molecule has 0 aliphatic rings. The average Bonchev–Trinajstić information content (AvgIpc) is 2.36. The maximum atomic E-state index is 11.2. The van der Waals surface area contributed by atoms with Gasteiger partial charge in [0.15, 0.2) is 0 Å². The van der Waals surface area contributed by atoms with Gasteiger partial charge in [-0.2, -0.15) is 0 Å². The number of anilines is 3. The van der Waals surface area contributed by atoms with Gasteiger partial charge in [-0.25, -0.2) is 4.98 Å². The molecule has 2 rings (SSSR count). The quantitative estimate of drug-likeness (QED) is 0.812. The molecule has 0 fully saturated rings. The number of nitrogens with two attached hydrogens (primary N) is 2. The van der Waals surface area contributed by atoms with Crippen molar-refractivity contribution in [1.82, 2.24) is 4.98 Å². The minimum absolute atomic E-state index is 0.190. The Bertz CT molecular complexity index is 646. The molecule has 2 aromatic rings. The molecule has 1 aromatic heterocycles. The lowest BCUT2D eigenvalue weighted by Gasteiger charge is -2.09. The predicted molar refractivity (Wildman–Crippen MR) is 76.9 cm³/mol. The highest BCUT2D eigenvalue weighted by molar-refractivity contribution is 6.35. The lowest BCUT2D eigenvalue weighted by atomic mass is 10.2. The van der Waals surface area contributed by atoms with Crippen molar-refractivity contribution in [2.45, 2.75) is 0 Å². The molecule has 0 spiro atoms. The molecule has 0 saturated heterocycles. The topological polar surface area (TPSA) is 94.0 Å². The first kappa shape index (κ1) is 13.5. The molecule has 98 valence electrons. The summed E-state index contributed by atoms with van der Waals surface area (Å²) in [5, 5.41) is 3.95. The molecule has 7 heteroatoms. The second-order valence-electron chi connectivity index (χ2n) is 3.77. The van der Waals surface area contributed by atoms with Gasteiger partial charge in [0.2, 0.25) is 0 Å². The van der Waals surface area contributed by atoms with E-state index in [0.717, 1.165) is 0 Å². The Morgan fingerprint density at radius 3 is 2.68 bits per heavy atom. The fourth-order valence-electron chi connectivity index (χ4n) is 1.48. The average molecular weight is 297 g/mol. The van der Waals surface area contributed by atoms with E-state index in [-0.39, 0.29) is 11.3 Å². The van der Waals surface area contributed by atoms with Crippen molar-refractivity contribution in [3.63, 3.8) is 0 Å². The van der Waals surface area contributed by atoms with Crippen LogP contribution < -0.4 is 16.8 Å². The zero-order valence-electron chi connectivity index (χ0n) is 9.65. The smallest absolute Gasteiger partial charge is 0.250 e. The molecule has 5 nitrogen and oxygen atoms in total. The van der Waals surface area contributed by atoms with Crippen molar-refractivity contribution < 1.29 is 4.79 Å². The molecule has 0 aliphatic heterocycles. The van der Waals surface area contributed by atoms with E-state index < -0.39 is 5.91 Å².